The van der Waals surface area contributed by atoms with Crippen LogP contribution < -0.4 is 5.32 Å². The molecule has 0 aromatic heterocycles. The van der Waals surface area contributed by atoms with E-state index in [1.54, 1.807) is 19.0 Å². The van der Waals surface area contributed by atoms with Crippen LogP contribution in [0.5, 0.6) is 0 Å². The molecule has 1 N–H and O–H groups in total. The maximum absolute atomic E-state index is 12.2. The molecule has 1 amide bonds. The highest BCUT2D eigenvalue weighted by molar-refractivity contribution is 14.0. The standard InChI is InChI=1S/C25H41N5O2.HI/c1-4-21-20-30(14-11-23(21)22-9-6-5-7-10-22)25(27-19-24(31)28(2)3)26-12-8-13-29-15-17-32-18-16-29;/h5-7,9-10,21,23H,4,8,11-20H2,1-3H3,(H,26,27);1H. The summed E-state index contributed by atoms with van der Waals surface area (Å²) in [5.74, 6) is 2.08. The van der Waals surface area contributed by atoms with E-state index in [9.17, 15) is 4.79 Å². The Balaban J connectivity index is 0.00000385. The van der Waals surface area contributed by atoms with E-state index in [1.807, 2.05) is 0 Å². The Morgan fingerprint density at radius 3 is 2.58 bits per heavy atom. The summed E-state index contributed by atoms with van der Waals surface area (Å²) < 4.78 is 5.44. The van der Waals surface area contributed by atoms with Crippen LogP contribution in [0.15, 0.2) is 35.3 Å². The summed E-state index contributed by atoms with van der Waals surface area (Å²) in [7, 11) is 3.57. The smallest absolute Gasteiger partial charge is 0.243 e. The van der Waals surface area contributed by atoms with E-state index in [2.05, 4.69) is 52.4 Å². The van der Waals surface area contributed by atoms with Crippen LogP contribution in [-0.4, -0.2) is 99.7 Å². The third-order valence-electron chi connectivity index (χ3n) is 6.69. The Labute approximate surface area is 216 Å². The first kappa shape index (κ1) is 27.9. The normalized spacial score (nSPS) is 21.9. The van der Waals surface area contributed by atoms with Crippen molar-refractivity contribution in [3.05, 3.63) is 35.9 Å². The number of benzene rings is 1. The molecule has 2 heterocycles. The molecule has 2 atom stereocenters. The van der Waals surface area contributed by atoms with Gasteiger partial charge in [-0.3, -0.25) is 9.69 Å². The SMILES string of the molecule is CCC1CN(C(=NCC(=O)N(C)C)NCCCN2CCOCC2)CCC1c1ccccc1.I. The number of piperidine rings is 1. The van der Waals surface area contributed by atoms with Gasteiger partial charge in [-0.25, -0.2) is 4.99 Å². The monoisotopic (exact) mass is 571 g/mol. The number of guanidine groups is 1. The van der Waals surface area contributed by atoms with E-state index in [-0.39, 0.29) is 36.4 Å². The van der Waals surface area contributed by atoms with Gasteiger partial charge in [0, 0.05) is 46.8 Å². The molecule has 0 spiro atoms. The Morgan fingerprint density at radius 2 is 1.91 bits per heavy atom. The van der Waals surface area contributed by atoms with E-state index >= 15 is 0 Å². The van der Waals surface area contributed by atoms with Crippen molar-refractivity contribution in [1.82, 2.24) is 20.0 Å². The molecule has 0 saturated carbocycles. The average molecular weight is 572 g/mol. The number of carbonyl (C=O) groups is 1. The van der Waals surface area contributed by atoms with Gasteiger partial charge in [0.25, 0.3) is 0 Å². The second-order valence-corrected chi connectivity index (χ2v) is 9.08. The fourth-order valence-electron chi connectivity index (χ4n) is 4.66. The number of aliphatic imine (C=N–C) groups is 1. The van der Waals surface area contributed by atoms with E-state index in [0.717, 1.165) is 77.7 Å². The summed E-state index contributed by atoms with van der Waals surface area (Å²) in [6, 6.07) is 10.9. The summed E-state index contributed by atoms with van der Waals surface area (Å²) >= 11 is 0. The highest BCUT2D eigenvalue weighted by Gasteiger charge is 2.30. The second-order valence-electron chi connectivity index (χ2n) is 9.08. The Morgan fingerprint density at radius 1 is 1.18 bits per heavy atom. The number of nitrogens with zero attached hydrogens (tertiary/aromatic N) is 4. The zero-order chi connectivity index (χ0) is 22.8. The van der Waals surface area contributed by atoms with Gasteiger partial charge in [0.2, 0.25) is 5.91 Å². The van der Waals surface area contributed by atoms with E-state index in [4.69, 9.17) is 9.73 Å². The van der Waals surface area contributed by atoms with Gasteiger partial charge < -0.3 is 19.9 Å². The predicted octanol–water partition coefficient (Wildman–Crippen LogP) is 2.88. The van der Waals surface area contributed by atoms with Crippen LogP contribution in [0.1, 0.15) is 37.7 Å². The third kappa shape index (κ3) is 8.72. The van der Waals surface area contributed by atoms with Gasteiger partial charge in [0.15, 0.2) is 5.96 Å². The minimum absolute atomic E-state index is 0. The molecule has 0 bridgehead atoms. The highest BCUT2D eigenvalue weighted by atomic mass is 127. The number of hydrogen-bond acceptors (Lipinski definition) is 4. The van der Waals surface area contributed by atoms with Crippen LogP contribution in [0.25, 0.3) is 0 Å². The molecule has 2 aliphatic rings. The topological polar surface area (TPSA) is 60.4 Å². The van der Waals surface area contributed by atoms with Crippen LogP contribution >= 0.6 is 24.0 Å². The molecule has 8 heteroatoms. The molecule has 2 saturated heterocycles. The maximum atomic E-state index is 12.2. The molecule has 0 aliphatic carbocycles. The highest BCUT2D eigenvalue weighted by Crippen LogP contribution is 2.34. The summed E-state index contributed by atoms with van der Waals surface area (Å²) in [5.41, 5.74) is 1.44. The molecule has 3 rings (SSSR count). The van der Waals surface area contributed by atoms with Crippen molar-refractivity contribution in [1.29, 1.82) is 0 Å². The molecule has 1 aromatic rings. The van der Waals surface area contributed by atoms with Gasteiger partial charge in [-0.1, -0.05) is 43.7 Å². The number of nitrogens with one attached hydrogen (secondary N) is 1. The summed E-state index contributed by atoms with van der Waals surface area (Å²) in [6.07, 6.45) is 3.30. The molecule has 33 heavy (non-hydrogen) atoms. The summed E-state index contributed by atoms with van der Waals surface area (Å²) in [5, 5.41) is 3.57. The van der Waals surface area contributed by atoms with Crippen molar-refractivity contribution in [2.75, 3.05) is 73.1 Å². The Kier molecular flexibility index (Phi) is 12.5. The van der Waals surface area contributed by atoms with Crippen molar-refractivity contribution in [3.63, 3.8) is 0 Å². The van der Waals surface area contributed by atoms with Crippen LogP contribution in [0.2, 0.25) is 0 Å². The minimum Gasteiger partial charge on any atom is -0.379 e. The number of ether oxygens (including phenoxy) is 1. The number of amides is 1. The molecule has 1 aromatic carbocycles. The van der Waals surface area contributed by atoms with Crippen LogP contribution in [0.3, 0.4) is 0 Å². The van der Waals surface area contributed by atoms with Crippen LogP contribution in [0, 0.1) is 5.92 Å². The number of hydrogen-bond donors (Lipinski definition) is 1. The van der Waals surface area contributed by atoms with Crippen molar-refractivity contribution < 1.29 is 9.53 Å². The number of carbonyl (C=O) groups excluding carboxylic acids is 1. The van der Waals surface area contributed by atoms with Gasteiger partial charge in [0.05, 0.1) is 13.2 Å². The number of rotatable bonds is 8. The number of likely N-dealkylation sites (N-methyl/N-ethyl adjacent to an activating group) is 1. The average Bonchev–Trinajstić information content (AvgIpc) is 2.84. The quantitative estimate of drug-likeness (QED) is 0.225. The number of morpholine rings is 1. The molecule has 7 nitrogen and oxygen atoms in total. The van der Waals surface area contributed by atoms with E-state index in [0.29, 0.717) is 11.8 Å². The second kappa shape index (κ2) is 14.8. The first-order valence-corrected chi connectivity index (χ1v) is 12.2. The van der Waals surface area contributed by atoms with E-state index < -0.39 is 0 Å². The number of halogens is 1. The molecule has 2 aliphatic heterocycles. The molecular weight excluding hydrogens is 529 g/mol. The van der Waals surface area contributed by atoms with Gasteiger partial charge in [-0.05, 0) is 36.8 Å². The lowest BCUT2D eigenvalue weighted by Gasteiger charge is -2.40. The zero-order valence-corrected chi connectivity index (χ0v) is 22.9. The summed E-state index contributed by atoms with van der Waals surface area (Å²) in [6.45, 7) is 10.0. The molecular formula is C25H42IN5O2. The van der Waals surface area contributed by atoms with Gasteiger partial charge >= 0.3 is 0 Å². The fourth-order valence-corrected chi connectivity index (χ4v) is 4.66. The summed E-state index contributed by atoms with van der Waals surface area (Å²) in [4.78, 5) is 23.3. The predicted molar refractivity (Wildman–Crippen MR) is 145 cm³/mol. The van der Waals surface area contributed by atoms with Gasteiger partial charge in [-0.2, -0.15) is 0 Å². The maximum Gasteiger partial charge on any atom is 0.243 e. The van der Waals surface area contributed by atoms with Crippen LogP contribution in [0.4, 0.5) is 0 Å². The van der Waals surface area contributed by atoms with Gasteiger partial charge in [0.1, 0.15) is 6.54 Å². The molecule has 0 radical (unpaired) electrons. The lowest BCUT2D eigenvalue weighted by Crippen LogP contribution is -2.49. The molecule has 2 unspecified atom stereocenters. The Bertz CT molecular complexity index is 725. The minimum atomic E-state index is 0. The zero-order valence-electron chi connectivity index (χ0n) is 20.5. The largest absolute Gasteiger partial charge is 0.379 e. The first-order chi connectivity index (χ1) is 15.6. The van der Waals surface area contributed by atoms with Gasteiger partial charge in [-0.15, -0.1) is 24.0 Å². The fraction of sp³-hybridized carbons (Fsp3) is 0.680. The lowest BCUT2D eigenvalue weighted by atomic mass is 9.79. The lowest BCUT2D eigenvalue weighted by molar-refractivity contribution is -0.127. The number of likely N-dealkylation sites (tertiary alicyclic amines) is 1. The first-order valence-electron chi connectivity index (χ1n) is 12.2. The third-order valence-corrected chi connectivity index (χ3v) is 6.69. The van der Waals surface area contributed by atoms with Crippen molar-refractivity contribution in [3.8, 4) is 0 Å². The Hall–Kier alpha value is -1.39. The van der Waals surface area contributed by atoms with E-state index in [1.165, 1.54) is 5.56 Å². The van der Waals surface area contributed by atoms with Crippen molar-refractivity contribution >= 4 is 35.8 Å². The van der Waals surface area contributed by atoms with Crippen LogP contribution in [-0.2, 0) is 9.53 Å². The molecule has 2 fully saturated rings. The van der Waals surface area contributed by atoms with Crippen molar-refractivity contribution in [2.24, 2.45) is 10.9 Å². The molecule has 186 valence electrons. The van der Waals surface area contributed by atoms with Crippen molar-refractivity contribution in [2.45, 2.75) is 32.1 Å².